The molecule has 0 aromatic carbocycles. The largest absolute Gasteiger partial charge is 0.459 e. The van der Waals surface area contributed by atoms with Crippen molar-refractivity contribution >= 4 is 5.91 Å². The minimum Gasteiger partial charge on any atom is -0.459 e. The number of furan rings is 1. The summed E-state index contributed by atoms with van der Waals surface area (Å²) in [5.41, 5.74) is 0. The lowest BCUT2D eigenvalue weighted by Crippen LogP contribution is -2.36. The van der Waals surface area contributed by atoms with Crippen LogP contribution in [0, 0.1) is 0 Å². The Labute approximate surface area is 123 Å². The van der Waals surface area contributed by atoms with Crippen LogP contribution in [-0.2, 0) is 6.54 Å². The van der Waals surface area contributed by atoms with Crippen molar-refractivity contribution in [1.82, 2.24) is 19.8 Å². The minimum absolute atomic E-state index is 0.0353. The lowest BCUT2D eigenvalue weighted by atomic mass is 10.2. The van der Waals surface area contributed by atoms with E-state index in [0.29, 0.717) is 24.9 Å². The van der Waals surface area contributed by atoms with Crippen molar-refractivity contribution in [2.75, 3.05) is 20.1 Å². The SMILES string of the molecule is CN(Cc1ncccn1)[C@H]1CCN(C(=O)c2ccco2)C1. The van der Waals surface area contributed by atoms with Gasteiger partial charge >= 0.3 is 0 Å². The molecule has 3 rings (SSSR count). The summed E-state index contributed by atoms with van der Waals surface area (Å²) >= 11 is 0. The fourth-order valence-electron chi connectivity index (χ4n) is 2.61. The van der Waals surface area contributed by atoms with Gasteiger partial charge in [0.25, 0.3) is 5.91 Å². The highest BCUT2D eigenvalue weighted by molar-refractivity contribution is 5.91. The molecule has 0 aliphatic carbocycles. The molecule has 21 heavy (non-hydrogen) atoms. The number of carbonyl (C=O) groups excluding carboxylic acids is 1. The molecule has 0 N–H and O–H groups in total. The summed E-state index contributed by atoms with van der Waals surface area (Å²) in [6.07, 6.45) is 5.98. The zero-order valence-electron chi connectivity index (χ0n) is 12.0. The average molecular weight is 286 g/mol. The molecular formula is C15H18N4O2. The van der Waals surface area contributed by atoms with Gasteiger partial charge in [0, 0.05) is 31.5 Å². The third-order valence-electron chi connectivity index (χ3n) is 3.82. The Kier molecular flexibility index (Phi) is 3.96. The van der Waals surface area contributed by atoms with Crippen LogP contribution in [0.3, 0.4) is 0 Å². The van der Waals surface area contributed by atoms with E-state index in [2.05, 4.69) is 14.9 Å². The number of aromatic nitrogens is 2. The maximum atomic E-state index is 12.2. The Bertz CT molecular complexity index is 585. The highest BCUT2D eigenvalue weighted by Crippen LogP contribution is 2.18. The van der Waals surface area contributed by atoms with Crippen LogP contribution in [0.1, 0.15) is 22.8 Å². The van der Waals surface area contributed by atoms with E-state index in [0.717, 1.165) is 18.8 Å². The van der Waals surface area contributed by atoms with Gasteiger partial charge in [-0.25, -0.2) is 9.97 Å². The first-order chi connectivity index (χ1) is 10.2. The molecule has 6 nitrogen and oxygen atoms in total. The standard InChI is InChI=1S/C15H18N4O2/c1-18(11-14-16-6-3-7-17-14)12-5-8-19(10-12)15(20)13-4-2-9-21-13/h2-4,6-7,9,12H,5,8,10-11H2,1H3/t12-/m0/s1. The summed E-state index contributed by atoms with van der Waals surface area (Å²) in [4.78, 5) is 24.7. The molecule has 0 unspecified atom stereocenters. The summed E-state index contributed by atoms with van der Waals surface area (Å²) in [7, 11) is 2.04. The highest BCUT2D eigenvalue weighted by Gasteiger charge is 2.30. The third kappa shape index (κ3) is 3.11. The van der Waals surface area contributed by atoms with E-state index in [9.17, 15) is 4.79 Å². The topological polar surface area (TPSA) is 62.5 Å². The second kappa shape index (κ2) is 6.05. The molecule has 1 amide bonds. The van der Waals surface area contributed by atoms with Crippen LogP contribution in [-0.4, -0.2) is 51.9 Å². The molecule has 1 aliphatic rings. The van der Waals surface area contributed by atoms with Crippen molar-refractivity contribution in [2.45, 2.75) is 19.0 Å². The van der Waals surface area contributed by atoms with Crippen LogP contribution < -0.4 is 0 Å². The van der Waals surface area contributed by atoms with Gasteiger partial charge in [-0.05, 0) is 31.7 Å². The maximum Gasteiger partial charge on any atom is 0.289 e. The van der Waals surface area contributed by atoms with Crippen molar-refractivity contribution in [3.63, 3.8) is 0 Å². The molecule has 0 saturated carbocycles. The summed E-state index contributed by atoms with van der Waals surface area (Å²) in [6.45, 7) is 2.15. The van der Waals surface area contributed by atoms with Crippen molar-refractivity contribution in [3.05, 3.63) is 48.4 Å². The molecule has 2 aromatic rings. The molecule has 1 fully saturated rings. The number of hydrogen-bond donors (Lipinski definition) is 0. The number of likely N-dealkylation sites (tertiary alicyclic amines) is 1. The number of amides is 1. The monoisotopic (exact) mass is 286 g/mol. The van der Waals surface area contributed by atoms with Gasteiger partial charge in [-0.3, -0.25) is 9.69 Å². The van der Waals surface area contributed by atoms with E-state index in [-0.39, 0.29) is 5.91 Å². The smallest absolute Gasteiger partial charge is 0.289 e. The van der Waals surface area contributed by atoms with Crippen LogP contribution in [0.2, 0.25) is 0 Å². The Balaban J connectivity index is 1.58. The van der Waals surface area contributed by atoms with Crippen LogP contribution >= 0.6 is 0 Å². The molecular weight excluding hydrogens is 268 g/mol. The first-order valence-electron chi connectivity index (χ1n) is 7.03. The van der Waals surface area contributed by atoms with Crippen LogP contribution in [0.4, 0.5) is 0 Å². The zero-order valence-corrected chi connectivity index (χ0v) is 12.0. The van der Waals surface area contributed by atoms with Gasteiger partial charge in [-0.15, -0.1) is 0 Å². The highest BCUT2D eigenvalue weighted by atomic mass is 16.3. The third-order valence-corrected chi connectivity index (χ3v) is 3.82. The van der Waals surface area contributed by atoms with Crippen molar-refractivity contribution in [3.8, 4) is 0 Å². The van der Waals surface area contributed by atoms with E-state index >= 15 is 0 Å². The first kappa shape index (κ1) is 13.8. The van der Waals surface area contributed by atoms with Crippen molar-refractivity contribution in [1.29, 1.82) is 0 Å². The van der Waals surface area contributed by atoms with E-state index in [1.807, 2.05) is 18.0 Å². The predicted octanol–water partition coefficient (Wildman–Crippen LogP) is 1.42. The van der Waals surface area contributed by atoms with Gasteiger partial charge in [-0.2, -0.15) is 0 Å². The average Bonchev–Trinajstić information content (AvgIpc) is 3.19. The van der Waals surface area contributed by atoms with Crippen molar-refractivity contribution < 1.29 is 9.21 Å². The molecule has 6 heteroatoms. The fraction of sp³-hybridized carbons (Fsp3) is 0.400. The van der Waals surface area contributed by atoms with Gasteiger partial charge in [0.15, 0.2) is 5.76 Å². The van der Waals surface area contributed by atoms with Crippen LogP contribution in [0.25, 0.3) is 0 Å². The van der Waals surface area contributed by atoms with Gasteiger partial charge in [0.05, 0.1) is 12.8 Å². The van der Waals surface area contributed by atoms with Crippen LogP contribution in [0.15, 0.2) is 41.3 Å². The molecule has 0 bridgehead atoms. The number of rotatable bonds is 4. The number of likely N-dealkylation sites (N-methyl/N-ethyl adjacent to an activating group) is 1. The fourth-order valence-corrected chi connectivity index (χ4v) is 2.61. The molecule has 2 aromatic heterocycles. The normalized spacial score (nSPS) is 18.4. The minimum atomic E-state index is -0.0353. The first-order valence-corrected chi connectivity index (χ1v) is 7.03. The van der Waals surface area contributed by atoms with E-state index < -0.39 is 0 Å². The van der Waals surface area contributed by atoms with E-state index in [4.69, 9.17) is 4.42 Å². The molecule has 110 valence electrons. The Morgan fingerprint density at radius 2 is 2.24 bits per heavy atom. The molecule has 1 saturated heterocycles. The molecule has 0 radical (unpaired) electrons. The Morgan fingerprint density at radius 3 is 2.95 bits per heavy atom. The van der Waals surface area contributed by atoms with Gasteiger partial charge in [0.1, 0.15) is 5.82 Å². The van der Waals surface area contributed by atoms with Crippen molar-refractivity contribution in [2.24, 2.45) is 0 Å². The summed E-state index contributed by atoms with van der Waals surface area (Å²) < 4.78 is 5.17. The Hall–Kier alpha value is -2.21. The number of hydrogen-bond acceptors (Lipinski definition) is 5. The van der Waals surface area contributed by atoms with E-state index in [1.165, 1.54) is 6.26 Å². The van der Waals surface area contributed by atoms with Gasteiger partial charge < -0.3 is 9.32 Å². The number of nitrogens with zero attached hydrogens (tertiary/aromatic N) is 4. The summed E-state index contributed by atoms with van der Waals surface area (Å²) in [6, 6.07) is 5.58. The zero-order chi connectivity index (χ0) is 14.7. The summed E-state index contributed by atoms with van der Waals surface area (Å²) in [5, 5.41) is 0. The second-order valence-electron chi connectivity index (χ2n) is 5.25. The number of carbonyl (C=O) groups is 1. The molecule has 1 aliphatic heterocycles. The molecule has 0 spiro atoms. The summed E-state index contributed by atoms with van der Waals surface area (Å²) in [5.74, 6) is 1.17. The Morgan fingerprint density at radius 1 is 1.43 bits per heavy atom. The lowest BCUT2D eigenvalue weighted by Gasteiger charge is -2.23. The quantitative estimate of drug-likeness (QED) is 0.850. The molecule has 1 atom stereocenters. The van der Waals surface area contributed by atoms with Gasteiger partial charge in [-0.1, -0.05) is 0 Å². The van der Waals surface area contributed by atoms with Crippen LogP contribution in [0.5, 0.6) is 0 Å². The van der Waals surface area contributed by atoms with E-state index in [1.54, 1.807) is 24.5 Å². The molecule has 3 heterocycles. The van der Waals surface area contributed by atoms with Gasteiger partial charge in [0.2, 0.25) is 0 Å². The maximum absolute atomic E-state index is 12.2. The second-order valence-corrected chi connectivity index (χ2v) is 5.25. The predicted molar refractivity (Wildman–Crippen MR) is 76.5 cm³/mol. The lowest BCUT2D eigenvalue weighted by molar-refractivity contribution is 0.0748.